The van der Waals surface area contributed by atoms with E-state index in [1.54, 1.807) is 12.3 Å². The smallest absolute Gasteiger partial charge is 0.272 e. The van der Waals surface area contributed by atoms with Gasteiger partial charge in [0.1, 0.15) is 12.0 Å². The number of rotatable bonds is 3. The molecule has 0 radical (unpaired) electrons. The fourth-order valence-corrected chi connectivity index (χ4v) is 3.56. The molecule has 0 saturated carbocycles. The molecule has 126 valence electrons. The van der Waals surface area contributed by atoms with E-state index in [0.29, 0.717) is 11.6 Å². The molecule has 1 aliphatic rings. The zero-order valence-corrected chi connectivity index (χ0v) is 14.0. The summed E-state index contributed by atoms with van der Waals surface area (Å²) in [6.45, 7) is 1.57. The fraction of sp³-hybridized carbons (Fsp3) is 0.300. The normalized spacial score (nSPS) is 17.6. The Bertz CT molecular complexity index is 881. The second-order valence-corrected chi connectivity index (χ2v) is 6.59. The van der Waals surface area contributed by atoms with Crippen molar-refractivity contribution in [3.05, 3.63) is 66.4 Å². The molecule has 2 aromatic heterocycles. The quantitative estimate of drug-likeness (QED) is 0.739. The van der Waals surface area contributed by atoms with Crippen LogP contribution in [0.2, 0.25) is 0 Å². The van der Waals surface area contributed by atoms with Crippen LogP contribution in [0.5, 0.6) is 0 Å². The van der Waals surface area contributed by atoms with E-state index in [1.165, 1.54) is 17.3 Å². The monoisotopic (exact) mass is 332 g/mol. The number of pyridine rings is 1. The van der Waals surface area contributed by atoms with Crippen LogP contribution in [0, 0.1) is 5.92 Å². The van der Waals surface area contributed by atoms with Crippen molar-refractivity contribution in [3.63, 3.8) is 0 Å². The van der Waals surface area contributed by atoms with Crippen LogP contribution in [0.3, 0.4) is 0 Å². The number of aromatic nitrogens is 3. The molecule has 1 aromatic carbocycles. The largest absolute Gasteiger partial charge is 0.337 e. The van der Waals surface area contributed by atoms with Gasteiger partial charge < -0.3 is 4.90 Å². The predicted octanol–water partition coefficient (Wildman–Crippen LogP) is 3.12. The SMILES string of the molecule is O=C(c1ccncn1)N1CCC[C@@H](Cc2cnc3ccccc3c2)C1. The van der Waals surface area contributed by atoms with Gasteiger partial charge in [-0.1, -0.05) is 18.2 Å². The average molecular weight is 332 g/mol. The van der Waals surface area contributed by atoms with Gasteiger partial charge in [-0.15, -0.1) is 0 Å². The van der Waals surface area contributed by atoms with Gasteiger partial charge in [-0.3, -0.25) is 9.78 Å². The Hall–Kier alpha value is -2.82. The van der Waals surface area contributed by atoms with Gasteiger partial charge in [0.05, 0.1) is 5.52 Å². The molecule has 0 unspecified atom stereocenters. The molecule has 4 rings (SSSR count). The number of carbonyl (C=O) groups excluding carboxylic acids is 1. The molecule has 1 atom stereocenters. The van der Waals surface area contributed by atoms with Crippen LogP contribution >= 0.6 is 0 Å². The van der Waals surface area contributed by atoms with Crippen LogP contribution in [0.1, 0.15) is 28.9 Å². The molecule has 1 amide bonds. The Morgan fingerprint density at radius 1 is 1.20 bits per heavy atom. The number of carbonyl (C=O) groups is 1. The predicted molar refractivity (Wildman–Crippen MR) is 96.1 cm³/mol. The fourth-order valence-electron chi connectivity index (χ4n) is 3.56. The second kappa shape index (κ2) is 6.97. The molecular weight excluding hydrogens is 312 g/mol. The molecule has 1 saturated heterocycles. The van der Waals surface area contributed by atoms with E-state index in [-0.39, 0.29) is 5.91 Å². The molecule has 0 N–H and O–H groups in total. The third-order valence-corrected chi connectivity index (χ3v) is 4.78. The minimum Gasteiger partial charge on any atom is -0.337 e. The zero-order valence-electron chi connectivity index (χ0n) is 14.0. The summed E-state index contributed by atoms with van der Waals surface area (Å²) in [5.41, 5.74) is 2.73. The van der Waals surface area contributed by atoms with Gasteiger partial charge in [0.25, 0.3) is 5.91 Å². The van der Waals surface area contributed by atoms with Crippen molar-refractivity contribution in [1.29, 1.82) is 0 Å². The van der Waals surface area contributed by atoms with Gasteiger partial charge in [-0.25, -0.2) is 9.97 Å². The van der Waals surface area contributed by atoms with Crippen LogP contribution in [0.15, 0.2) is 55.1 Å². The first-order valence-electron chi connectivity index (χ1n) is 8.68. The maximum Gasteiger partial charge on any atom is 0.272 e. The van der Waals surface area contributed by atoms with Gasteiger partial charge in [-0.05, 0) is 48.9 Å². The molecule has 1 fully saturated rings. The third kappa shape index (κ3) is 3.50. The van der Waals surface area contributed by atoms with Crippen molar-refractivity contribution in [2.75, 3.05) is 13.1 Å². The summed E-state index contributed by atoms with van der Waals surface area (Å²) >= 11 is 0. The van der Waals surface area contributed by atoms with E-state index < -0.39 is 0 Å². The Labute approximate surface area is 146 Å². The maximum atomic E-state index is 12.6. The van der Waals surface area contributed by atoms with E-state index in [0.717, 1.165) is 37.9 Å². The molecule has 3 aromatic rings. The van der Waals surface area contributed by atoms with E-state index >= 15 is 0 Å². The molecule has 5 nitrogen and oxygen atoms in total. The molecule has 0 spiro atoms. The van der Waals surface area contributed by atoms with Crippen molar-refractivity contribution < 1.29 is 4.79 Å². The van der Waals surface area contributed by atoms with E-state index in [9.17, 15) is 4.79 Å². The molecular formula is C20H20N4O. The number of para-hydroxylation sites is 1. The number of piperidine rings is 1. The molecule has 0 aliphatic carbocycles. The zero-order chi connectivity index (χ0) is 17.1. The van der Waals surface area contributed by atoms with Gasteiger partial charge >= 0.3 is 0 Å². The highest BCUT2D eigenvalue weighted by atomic mass is 16.2. The van der Waals surface area contributed by atoms with Gasteiger partial charge in [0.2, 0.25) is 0 Å². The summed E-state index contributed by atoms with van der Waals surface area (Å²) in [6.07, 6.45) is 8.12. The lowest BCUT2D eigenvalue weighted by Gasteiger charge is -2.32. The molecule has 1 aliphatic heterocycles. The van der Waals surface area contributed by atoms with Gasteiger partial charge in [0.15, 0.2) is 0 Å². The summed E-state index contributed by atoms with van der Waals surface area (Å²) in [6, 6.07) is 12.1. The van der Waals surface area contributed by atoms with Crippen LogP contribution in [0.4, 0.5) is 0 Å². The Morgan fingerprint density at radius 2 is 2.12 bits per heavy atom. The van der Waals surface area contributed by atoms with Crippen LogP contribution in [-0.4, -0.2) is 38.8 Å². The summed E-state index contributed by atoms with van der Waals surface area (Å²) in [5, 5.41) is 1.17. The van der Waals surface area contributed by atoms with Crippen LogP contribution in [-0.2, 0) is 6.42 Å². The van der Waals surface area contributed by atoms with Crippen LogP contribution < -0.4 is 0 Å². The summed E-state index contributed by atoms with van der Waals surface area (Å²) in [7, 11) is 0. The maximum absolute atomic E-state index is 12.6. The number of hydrogen-bond acceptors (Lipinski definition) is 4. The average Bonchev–Trinajstić information content (AvgIpc) is 2.68. The van der Waals surface area contributed by atoms with Gasteiger partial charge in [0, 0.05) is 30.9 Å². The number of likely N-dealkylation sites (tertiary alicyclic amines) is 1. The first kappa shape index (κ1) is 15.7. The van der Waals surface area contributed by atoms with E-state index in [4.69, 9.17) is 0 Å². The number of hydrogen-bond donors (Lipinski definition) is 0. The third-order valence-electron chi connectivity index (χ3n) is 4.78. The number of benzene rings is 1. The number of nitrogens with zero attached hydrogens (tertiary/aromatic N) is 4. The lowest BCUT2D eigenvalue weighted by atomic mass is 9.91. The van der Waals surface area contributed by atoms with Crippen molar-refractivity contribution in [3.8, 4) is 0 Å². The molecule has 0 bridgehead atoms. The minimum absolute atomic E-state index is 0.00346. The molecule has 3 heterocycles. The lowest BCUT2D eigenvalue weighted by molar-refractivity contribution is 0.0667. The Kier molecular flexibility index (Phi) is 4.37. The summed E-state index contributed by atoms with van der Waals surface area (Å²) in [5.74, 6) is 0.464. The van der Waals surface area contributed by atoms with Crippen LogP contribution in [0.25, 0.3) is 10.9 Å². The standard InChI is InChI=1S/C20H20N4O/c25-20(19-7-8-21-14-23-19)24-9-3-4-15(13-24)10-16-11-17-5-1-2-6-18(17)22-12-16/h1-2,5-8,11-12,14-15H,3-4,9-10,13H2/t15-/m0/s1. The highest BCUT2D eigenvalue weighted by Gasteiger charge is 2.25. The van der Waals surface area contributed by atoms with Crippen molar-refractivity contribution in [1.82, 2.24) is 19.9 Å². The summed E-state index contributed by atoms with van der Waals surface area (Å²) < 4.78 is 0. The number of fused-ring (bicyclic) bond motifs is 1. The molecule has 25 heavy (non-hydrogen) atoms. The Balaban J connectivity index is 1.46. The Morgan fingerprint density at radius 3 is 3.00 bits per heavy atom. The van der Waals surface area contributed by atoms with Crippen molar-refractivity contribution in [2.45, 2.75) is 19.3 Å². The van der Waals surface area contributed by atoms with Crippen molar-refractivity contribution in [2.24, 2.45) is 5.92 Å². The second-order valence-electron chi connectivity index (χ2n) is 6.59. The lowest BCUT2D eigenvalue weighted by Crippen LogP contribution is -2.40. The van der Waals surface area contributed by atoms with Gasteiger partial charge in [-0.2, -0.15) is 0 Å². The first-order valence-corrected chi connectivity index (χ1v) is 8.68. The van der Waals surface area contributed by atoms with E-state index in [2.05, 4.69) is 27.1 Å². The first-order chi connectivity index (χ1) is 12.3. The van der Waals surface area contributed by atoms with E-state index in [1.807, 2.05) is 29.3 Å². The molecule has 5 heteroatoms. The summed E-state index contributed by atoms with van der Waals surface area (Å²) in [4.78, 5) is 27.0. The van der Waals surface area contributed by atoms with Crippen molar-refractivity contribution >= 4 is 16.8 Å². The highest BCUT2D eigenvalue weighted by Crippen LogP contribution is 2.23. The number of amides is 1. The topological polar surface area (TPSA) is 59.0 Å². The minimum atomic E-state index is 0.00346. The highest BCUT2D eigenvalue weighted by molar-refractivity contribution is 5.92.